The lowest BCUT2D eigenvalue weighted by Crippen LogP contribution is -2.47. The largest absolute Gasteiger partial charge is 0.368 e. The van der Waals surface area contributed by atoms with Crippen LogP contribution < -0.4 is 11.1 Å². The van der Waals surface area contributed by atoms with Crippen LogP contribution in [0.3, 0.4) is 0 Å². The van der Waals surface area contributed by atoms with Crippen molar-refractivity contribution in [1.82, 2.24) is 10.3 Å². The molecule has 4 rings (SSSR count). The van der Waals surface area contributed by atoms with Gasteiger partial charge in [-0.25, -0.2) is 0 Å². The Morgan fingerprint density at radius 3 is 2.58 bits per heavy atom. The van der Waals surface area contributed by atoms with Crippen molar-refractivity contribution in [3.8, 4) is 0 Å². The molecule has 1 aliphatic heterocycles. The third-order valence-electron chi connectivity index (χ3n) is 5.84. The number of hydrogen-bond donors (Lipinski definition) is 3. The van der Waals surface area contributed by atoms with Crippen LogP contribution in [0, 0.1) is 5.41 Å². The summed E-state index contributed by atoms with van der Waals surface area (Å²) in [4.78, 5) is 28.2. The normalized spacial score (nSPS) is 26.0. The van der Waals surface area contributed by atoms with Gasteiger partial charge in [0.1, 0.15) is 0 Å². The third-order valence-corrected chi connectivity index (χ3v) is 5.84. The number of hydrogen-bond acceptors (Lipinski definition) is 3. The van der Waals surface area contributed by atoms with Gasteiger partial charge in [-0.05, 0) is 36.8 Å². The number of primary amides is 1. The number of H-pyrrole nitrogens is 1. The van der Waals surface area contributed by atoms with Gasteiger partial charge in [0.25, 0.3) is 0 Å². The van der Waals surface area contributed by atoms with Crippen molar-refractivity contribution in [2.45, 2.75) is 50.6 Å². The van der Waals surface area contributed by atoms with Crippen LogP contribution in [0.2, 0.25) is 0 Å². The molecule has 1 aliphatic carbocycles. The lowest BCUT2D eigenvalue weighted by molar-refractivity contribution is -0.119. The maximum absolute atomic E-state index is 13.2. The van der Waals surface area contributed by atoms with Gasteiger partial charge in [-0.2, -0.15) is 0 Å². The van der Waals surface area contributed by atoms with E-state index in [4.69, 9.17) is 5.73 Å². The van der Waals surface area contributed by atoms with Crippen LogP contribution in [0.25, 0.3) is 10.9 Å². The van der Waals surface area contributed by atoms with E-state index in [1.807, 2.05) is 30.3 Å². The first-order valence-corrected chi connectivity index (χ1v) is 8.76. The second kappa shape index (κ2) is 5.74. The second-order valence-electron chi connectivity index (χ2n) is 7.32. The molecule has 2 aliphatic rings. The molecule has 5 nitrogen and oxygen atoms in total. The fourth-order valence-electron chi connectivity index (χ4n) is 4.61. The highest BCUT2D eigenvalue weighted by molar-refractivity contribution is 6.03. The molecule has 1 saturated carbocycles. The minimum Gasteiger partial charge on any atom is -0.368 e. The molecule has 1 aromatic heterocycles. The van der Waals surface area contributed by atoms with Crippen molar-refractivity contribution in [2.75, 3.05) is 0 Å². The van der Waals surface area contributed by atoms with Crippen LogP contribution >= 0.6 is 0 Å². The molecule has 2 heterocycles. The molecule has 2 unspecified atom stereocenters. The predicted molar refractivity (Wildman–Crippen MR) is 92.7 cm³/mol. The predicted octanol–water partition coefficient (Wildman–Crippen LogP) is 2.52. The lowest BCUT2D eigenvalue weighted by Gasteiger charge is -2.37. The number of ketones is 1. The summed E-state index contributed by atoms with van der Waals surface area (Å²) in [6, 6.07) is 9.05. The van der Waals surface area contributed by atoms with E-state index in [2.05, 4.69) is 10.3 Å². The summed E-state index contributed by atoms with van der Waals surface area (Å²) in [6.07, 6.45) is 6.09. The highest BCUT2D eigenvalue weighted by atomic mass is 16.1. The molecule has 0 bridgehead atoms. The number of rotatable bonds is 3. The molecule has 1 saturated heterocycles. The molecule has 2 atom stereocenters. The molecular weight excluding hydrogens is 302 g/mol. The summed E-state index contributed by atoms with van der Waals surface area (Å²) in [5.74, 6) is -0.302. The summed E-state index contributed by atoms with van der Waals surface area (Å²) < 4.78 is 0. The van der Waals surface area contributed by atoms with Crippen LogP contribution in [0.15, 0.2) is 30.3 Å². The zero-order valence-corrected chi connectivity index (χ0v) is 13.7. The Hall–Kier alpha value is -2.14. The van der Waals surface area contributed by atoms with E-state index in [0.29, 0.717) is 12.1 Å². The Bertz CT molecular complexity index is 756. The van der Waals surface area contributed by atoms with Gasteiger partial charge >= 0.3 is 0 Å². The number of Topliss-reactive ketones (excluding diaryl/α,β-unsaturated/α-hetero) is 1. The van der Waals surface area contributed by atoms with E-state index in [1.165, 1.54) is 6.42 Å². The smallest absolute Gasteiger partial charge is 0.234 e. The fourth-order valence-corrected chi connectivity index (χ4v) is 4.61. The SMILES string of the molecule is NC(=O)C1CC2(CCCCC2)C(C(=O)c2cc3ccccc3[nH]2)N1. The molecular formula is C19H23N3O2. The van der Waals surface area contributed by atoms with Gasteiger partial charge in [-0.15, -0.1) is 0 Å². The van der Waals surface area contributed by atoms with Crippen molar-refractivity contribution in [3.63, 3.8) is 0 Å². The van der Waals surface area contributed by atoms with E-state index < -0.39 is 6.04 Å². The van der Waals surface area contributed by atoms with E-state index in [9.17, 15) is 9.59 Å². The standard InChI is InChI=1S/C19H23N3O2/c20-18(24)15-11-19(8-4-1-5-9-19)17(22-15)16(23)14-10-12-6-2-3-7-13(12)21-14/h2-3,6-7,10,15,17,21-22H,1,4-5,8-9,11H2,(H2,20,24). The number of benzene rings is 1. The van der Waals surface area contributed by atoms with Crippen LogP contribution in [0.1, 0.15) is 49.0 Å². The van der Waals surface area contributed by atoms with Crippen molar-refractivity contribution >= 4 is 22.6 Å². The van der Waals surface area contributed by atoms with Gasteiger partial charge < -0.3 is 10.7 Å². The van der Waals surface area contributed by atoms with Gasteiger partial charge in [-0.1, -0.05) is 37.5 Å². The summed E-state index contributed by atoms with van der Waals surface area (Å²) >= 11 is 0. The third kappa shape index (κ3) is 2.44. The van der Waals surface area contributed by atoms with Crippen molar-refractivity contribution in [3.05, 3.63) is 36.0 Å². The Balaban J connectivity index is 1.69. The Kier molecular flexibility index (Phi) is 3.68. The van der Waals surface area contributed by atoms with Crippen LogP contribution in [-0.2, 0) is 4.79 Å². The average molecular weight is 325 g/mol. The monoisotopic (exact) mass is 325 g/mol. The van der Waals surface area contributed by atoms with E-state index >= 15 is 0 Å². The number of carbonyl (C=O) groups is 2. The molecule has 1 aromatic carbocycles. The summed E-state index contributed by atoms with van der Waals surface area (Å²) in [7, 11) is 0. The highest BCUT2D eigenvalue weighted by Crippen LogP contribution is 2.47. The quantitative estimate of drug-likeness (QED) is 0.758. The lowest BCUT2D eigenvalue weighted by atomic mass is 9.67. The molecule has 126 valence electrons. The van der Waals surface area contributed by atoms with E-state index in [0.717, 1.165) is 36.6 Å². The number of nitrogens with two attached hydrogens (primary N) is 1. The fraction of sp³-hybridized carbons (Fsp3) is 0.474. The minimum atomic E-state index is -0.401. The van der Waals surface area contributed by atoms with Crippen LogP contribution in [0.4, 0.5) is 0 Å². The summed E-state index contributed by atoms with van der Waals surface area (Å²) in [5.41, 5.74) is 6.97. The molecule has 0 radical (unpaired) electrons. The topological polar surface area (TPSA) is 88.0 Å². The zero-order valence-electron chi connectivity index (χ0n) is 13.7. The number of fused-ring (bicyclic) bond motifs is 1. The number of amides is 1. The molecule has 4 N–H and O–H groups in total. The molecule has 1 spiro atoms. The van der Waals surface area contributed by atoms with Gasteiger partial charge in [-0.3, -0.25) is 14.9 Å². The first-order chi connectivity index (χ1) is 11.6. The van der Waals surface area contributed by atoms with Crippen LogP contribution in [-0.4, -0.2) is 28.8 Å². The molecule has 2 fully saturated rings. The number of nitrogens with one attached hydrogen (secondary N) is 2. The first-order valence-electron chi connectivity index (χ1n) is 8.76. The van der Waals surface area contributed by atoms with Crippen molar-refractivity contribution < 1.29 is 9.59 Å². The first kappa shape index (κ1) is 15.4. The Morgan fingerprint density at radius 1 is 1.12 bits per heavy atom. The van der Waals surface area contributed by atoms with Gasteiger partial charge in [0.15, 0.2) is 5.78 Å². The number of aromatic amines is 1. The molecule has 1 amide bonds. The maximum Gasteiger partial charge on any atom is 0.234 e. The molecule has 2 aromatic rings. The number of carbonyl (C=O) groups excluding carboxylic acids is 2. The number of para-hydroxylation sites is 1. The summed E-state index contributed by atoms with van der Waals surface area (Å²) in [6.45, 7) is 0. The molecule has 5 heteroatoms. The van der Waals surface area contributed by atoms with E-state index in [1.54, 1.807) is 0 Å². The highest BCUT2D eigenvalue weighted by Gasteiger charge is 2.52. The Morgan fingerprint density at radius 2 is 1.88 bits per heavy atom. The maximum atomic E-state index is 13.2. The van der Waals surface area contributed by atoms with Gasteiger partial charge in [0.2, 0.25) is 5.91 Å². The van der Waals surface area contributed by atoms with Crippen molar-refractivity contribution in [2.24, 2.45) is 11.1 Å². The average Bonchev–Trinajstić information content (AvgIpc) is 3.17. The van der Waals surface area contributed by atoms with Crippen LogP contribution in [0.5, 0.6) is 0 Å². The number of aromatic nitrogens is 1. The van der Waals surface area contributed by atoms with E-state index in [-0.39, 0.29) is 23.1 Å². The van der Waals surface area contributed by atoms with Gasteiger partial charge in [0, 0.05) is 10.9 Å². The minimum absolute atomic E-state index is 0.0526. The summed E-state index contributed by atoms with van der Waals surface area (Å²) in [5, 5.41) is 4.28. The zero-order chi connectivity index (χ0) is 16.7. The Labute approximate surface area is 141 Å². The molecule has 24 heavy (non-hydrogen) atoms. The van der Waals surface area contributed by atoms with Gasteiger partial charge in [0.05, 0.1) is 17.8 Å². The second-order valence-corrected chi connectivity index (χ2v) is 7.32. The van der Waals surface area contributed by atoms with Crippen molar-refractivity contribution in [1.29, 1.82) is 0 Å².